The Bertz CT molecular complexity index is 304. The van der Waals surface area contributed by atoms with Gasteiger partial charge in [0.25, 0.3) is 5.91 Å². The van der Waals surface area contributed by atoms with E-state index in [9.17, 15) is 9.90 Å². The Labute approximate surface area is 75.2 Å². The summed E-state index contributed by atoms with van der Waals surface area (Å²) >= 11 is 1.27. The van der Waals surface area contributed by atoms with Crippen molar-refractivity contribution in [3.63, 3.8) is 0 Å². The predicted molar refractivity (Wildman–Crippen MR) is 48.7 cm³/mol. The van der Waals surface area contributed by atoms with Crippen LogP contribution in [0.25, 0.3) is 0 Å². The smallest absolute Gasteiger partial charge is 0.267 e. The van der Waals surface area contributed by atoms with Gasteiger partial charge < -0.3 is 10.0 Å². The number of carbonyl (C=O) groups is 1. The summed E-state index contributed by atoms with van der Waals surface area (Å²) in [5.41, 5.74) is 0.755. The van der Waals surface area contributed by atoms with Crippen molar-refractivity contribution in [1.82, 2.24) is 4.90 Å². The molecule has 0 fully saturated rings. The van der Waals surface area contributed by atoms with E-state index in [0.717, 1.165) is 5.56 Å². The molecule has 0 aromatic carbocycles. The van der Waals surface area contributed by atoms with Gasteiger partial charge in [0.1, 0.15) is 10.6 Å². The molecule has 0 atom stereocenters. The first-order valence-corrected chi connectivity index (χ1v) is 4.40. The predicted octanol–water partition coefficient (Wildman–Crippen LogP) is 1.46. The van der Waals surface area contributed by atoms with Crippen LogP contribution >= 0.6 is 11.3 Å². The number of rotatable bonds is 1. The van der Waals surface area contributed by atoms with Gasteiger partial charge in [0, 0.05) is 19.7 Å². The van der Waals surface area contributed by atoms with E-state index in [1.165, 1.54) is 16.2 Å². The van der Waals surface area contributed by atoms with Gasteiger partial charge >= 0.3 is 0 Å². The van der Waals surface area contributed by atoms with Crippen molar-refractivity contribution >= 4 is 17.2 Å². The average molecular weight is 185 g/mol. The van der Waals surface area contributed by atoms with Gasteiger partial charge in [-0.3, -0.25) is 4.79 Å². The Morgan fingerprint density at radius 3 is 2.50 bits per heavy atom. The van der Waals surface area contributed by atoms with Crippen molar-refractivity contribution in [2.24, 2.45) is 0 Å². The Balaban J connectivity index is 3.04. The van der Waals surface area contributed by atoms with Crippen molar-refractivity contribution in [1.29, 1.82) is 0 Å². The molecule has 1 amide bonds. The van der Waals surface area contributed by atoms with Crippen LogP contribution in [0.1, 0.15) is 15.2 Å². The minimum Gasteiger partial charge on any atom is -0.506 e. The summed E-state index contributed by atoms with van der Waals surface area (Å²) in [5.74, 6) is -0.0377. The molecule has 0 bridgehead atoms. The van der Waals surface area contributed by atoms with Crippen LogP contribution in [0.3, 0.4) is 0 Å². The number of hydrogen-bond donors (Lipinski definition) is 1. The first-order valence-electron chi connectivity index (χ1n) is 3.52. The van der Waals surface area contributed by atoms with Crippen LogP contribution in [0.5, 0.6) is 5.75 Å². The van der Waals surface area contributed by atoms with E-state index in [2.05, 4.69) is 0 Å². The summed E-state index contributed by atoms with van der Waals surface area (Å²) in [5, 5.41) is 11.2. The third-order valence-electron chi connectivity index (χ3n) is 1.54. The number of amides is 1. The summed E-state index contributed by atoms with van der Waals surface area (Å²) in [7, 11) is 3.33. The molecule has 0 unspecified atom stereocenters. The van der Waals surface area contributed by atoms with Crippen LogP contribution in [-0.2, 0) is 0 Å². The van der Waals surface area contributed by atoms with Crippen molar-refractivity contribution in [2.75, 3.05) is 14.1 Å². The largest absolute Gasteiger partial charge is 0.506 e. The van der Waals surface area contributed by atoms with E-state index in [0.29, 0.717) is 4.88 Å². The van der Waals surface area contributed by atoms with E-state index in [4.69, 9.17) is 0 Å². The van der Waals surface area contributed by atoms with Crippen LogP contribution in [0.4, 0.5) is 0 Å². The Morgan fingerprint density at radius 2 is 2.17 bits per heavy atom. The number of carbonyl (C=O) groups excluding carboxylic acids is 1. The number of nitrogens with zero attached hydrogens (tertiary/aromatic N) is 1. The minimum atomic E-state index is -0.148. The first-order chi connectivity index (χ1) is 5.54. The molecular weight excluding hydrogens is 174 g/mol. The molecule has 1 aromatic heterocycles. The number of aryl methyl sites for hydroxylation is 1. The molecule has 12 heavy (non-hydrogen) atoms. The van der Waals surface area contributed by atoms with Crippen LogP contribution in [0.2, 0.25) is 0 Å². The lowest BCUT2D eigenvalue weighted by atomic mass is 10.3. The topological polar surface area (TPSA) is 40.5 Å². The fourth-order valence-electron chi connectivity index (χ4n) is 0.793. The average Bonchev–Trinajstić information content (AvgIpc) is 2.32. The summed E-state index contributed by atoms with van der Waals surface area (Å²) in [6, 6.07) is 0. The molecule has 4 heteroatoms. The number of thiophene rings is 1. The maximum absolute atomic E-state index is 11.4. The fraction of sp³-hybridized carbons (Fsp3) is 0.375. The first kappa shape index (κ1) is 9.06. The number of hydrogen-bond acceptors (Lipinski definition) is 3. The number of aromatic hydroxyl groups is 1. The molecule has 0 aliphatic heterocycles. The lowest BCUT2D eigenvalue weighted by Crippen LogP contribution is -2.20. The summed E-state index contributed by atoms with van der Waals surface area (Å²) in [6.45, 7) is 1.78. The molecule has 1 N–H and O–H groups in total. The van der Waals surface area contributed by atoms with Gasteiger partial charge in [-0.1, -0.05) is 0 Å². The summed E-state index contributed by atoms with van der Waals surface area (Å²) < 4.78 is 0. The summed E-state index contributed by atoms with van der Waals surface area (Å²) in [4.78, 5) is 13.2. The highest BCUT2D eigenvalue weighted by molar-refractivity contribution is 7.12. The van der Waals surface area contributed by atoms with Crippen molar-refractivity contribution < 1.29 is 9.90 Å². The molecule has 66 valence electrons. The lowest BCUT2D eigenvalue weighted by Gasteiger charge is -2.08. The van der Waals surface area contributed by atoms with E-state index in [1.807, 2.05) is 0 Å². The standard InChI is InChI=1S/C8H11NO2S/c1-5-4-12-7(6(5)10)8(11)9(2)3/h4,10H,1-3H3. The van der Waals surface area contributed by atoms with E-state index >= 15 is 0 Å². The fourth-order valence-corrected chi connectivity index (χ4v) is 1.76. The lowest BCUT2D eigenvalue weighted by molar-refractivity contribution is 0.0829. The second kappa shape index (κ2) is 3.15. The van der Waals surface area contributed by atoms with Crippen LogP contribution in [0, 0.1) is 6.92 Å². The minimum absolute atomic E-state index is 0.110. The van der Waals surface area contributed by atoms with Crippen LogP contribution < -0.4 is 0 Å². The zero-order valence-electron chi connectivity index (χ0n) is 7.29. The van der Waals surface area contributed by atoms with Crippen molar-refractivity contribution in [3.8, 4) is 5.75 Å². The normalized spacial score (nSPS) is 9.92. The van der Waals surface area contributed by atoms with Crippen molar-refractivity contribution in [2.45, 2.75) is 6.92 Å². The maximum atomic E-state index is 11.4. The molecular formula is C8H11NO2S. The van der Waals surface area contributed by atoms with E-state index < -0.39 is 0 Å². The van der Waals surface area contributed by atoms with E-state index in [-0.39, 0.29) is 11.7 Å². The van der Waals surface area contributed by atoms with Gasteiger partial charge in [-0.05, 0) is 12.3 Å². The molecule has 0 spiro atoms. The molecule has 3 nitrogen and oxygen atoms in total. The quantitative estimate of drug-likeness (QED) is 0.719. The monoisotopic (exact) mass is 185 g/mol. The Kier molecular flexibility index (Phi) is 2.38. The van der Waals surface area contributed by atoms with Gasteiger partial charge in [0.2, 0.25) is 0 Å². The van der Waals surface area contributed by atoms with E-state index in [1.54, 1.807) is 26.4 Å². The molecule has 1 heterocycles. The third kappa shape index (κ3) is 1.43. The SMILES string of the molecule is Cc1csc(C(=O)N(C)C)c1O. The molecule has 1 rings (SSSR count). The summed E-state index contributed by atoms with van der Waals surface area (Å²) in [6.07, 6.45) is 0. The molecule has 0 aliphatic rings. The second-order valence-electron chi connectivity index (χ2n) is 2.80. The second-order valence-corrected chi connectivity index (χ2v) is 3.68. The van der Waals surface area contributed by atoms with Gasteiger partial charge in [-0.25, -0.2) is 0 Å². The molecule has 0 aliphatic carbocycles. The van der Waals surface area contributed by atoms with Gasteiger partial charge in [0.15, 0.2) is 0 Å². The highest BCUT2D eigenvalue weighted by Gasteiger charge is 2.16. The highest BCUT2D eigenvalue weighted by Crippen LogP contribution is 2.28. The Hall–Kier alpha value is -1.03. The molecule has 0 saturated heterocycles. The van der Waals surface area contributed by atoms with Crippen molar-refractivity contribution in [3.05, 3.63) is 15.8 Å². The van der Waals surface area contributed by atoms with Gasteiger partial charge in [-0.15, -0.1) is 11.3 Å². The molecule has 1 aromatic rings. The zero-order chi connectivity index (χ0) is 9.30. The van der Waals surface area contributed by atoms with Crippen LogP contribution in [0.15, 0.2) is 5.38 Å². The van der Waals surface area contributed by atoms with Gasteiger partial charge in [0.05, 0.1) is 0 Å². The zero-order valence-corrected chi connectivity index (χ0v) is 8.10. The Morgan fingerprint density at radius 1 is 1.58 bits per heavy atom. The molecule has 0 saturated carbocycles. The highest BCUT2D eigenvalue weighted by atomic mass is 32.1. The molecule has 0 radical (unpaired) electrons. The van der Waals surface area contributed by atoms with Crippen LogP contribution in [-0.4, -0.2) is 30.0 Å². The maximum Gasteiger partial charge on any atom is 0.267 e. The van der Waals surface area contributed by atoms with Gasteiger partial charge in [-0.2, -0.15) is 0 Å². The third-order valence-corrected chi connectivity index (χ3v) is 2.62.